The summed E-state index contributed by atoms with van der Waals surface area (Å²) in [7, 11) is 3.99. The average Bonchev–Trinajstić information content (AvgIpc) is 2.73. The molecular formula is C25H24N2O. The van der Waals surface area contributed by atoms with E-state index < -0.39 is 0 Å². The minimum Gasteiger partial charge on any atom is -0.377 e. The van der Waals surface area contributed by atoms with Gasteiger partial charge in [0.2, 0.25) is 5.91 Å². The molecule has 0 fully saturated rings. The van der Waals surface area contributed by atoms with Crippen molar-refractivity contribution in [2.24, 2.45) is 0 Å². The van der Waals surface area contributed by atoms with E-state index in [2.05, 4.69) is 17.2 Å². The minimum atomic E-state index is -0.349. The number of carbonyl (C=O) groups is 1. The van der Waals surface area contributed by atoms with Gasteiger partial charge in [-0.2, -0.15) is 0 Å². The number of rotatable bonds is 5. The largest absolute Gasteiger partial charge is 0.377 e. The van der Waals surface area contributed by atoms with Gasteiger partial charge in [-0.25, -0.2) is 0 Å². The molecule has 0 bridgehead atoms. The summed E-state index contributed by atoms with van der Waals surface area (Å²) in [5, 5.41) is 2.97. The smallest absolute Gasteiger partial charge is 0.232 e. The van der Waals surface area contributed by atoms with Crippen LogP contribution in [0.1, 0.15) is 22.6 Å². The number of amides is 1. The van der Waals surface area contributed by atoms with Crippen molar-refractivity contribution < 1.29 is 4.79 Å². The van der Waals surface area contributed by atoms with Crippen LogP contribution in [0.25, 0.3) is 0 Å². The minimum absolute atomic E-state index is 0.0485. The molecule has 3 nitrogen and oxygen atoms in total. The Kier molecular flexibility index (Phi) is 6.49. The quantitative estimate of drug-likeness (QED) is 0.689. The number of para-hydroxylation sites is 1. The molecule has 3 aromatic rings. The molecule has 0 unspecified atom stereocenters. The molecule has 0 spiro atoms. The topological polar surface area (TPSA) is 32.3 Å². The van der Waals surface area contributed by atoms with Crippen molar-refractivity contribution in [1.29, 1.82) is 0 Å². The Labute approximate surface area is 167 Å². The van der Waals surface area contributed by atoms with Crippen molar-refractivity contribution >= 4 is 11.6 Å². The molecule has 1 N–H and O–H groups in total. The number of anilines is 1. The molecule has 0 saturated carbocycles. The zero-order chi connectivity index (χ0) is 19.8. The van der Waals surface area contributed by atoms with Gasteiger partial charge >= 0.3 is 0 Å². The Morgan fingerprint density at radius 3 is 1.96 bits per heavy atom. The first-order valence-electron chi connectivity index (χ1n) is 9.29. The lowest BCUT2D eigenvalue weighted by Gasteiger charge is -2.17. The van der Waals surface area contributed by atoms with Gasteiger partial charge in [0.15, 0.2) is 0 Å². The first-order chi connectivity index (χ1) is 13.7. The van der Waals surface area contributed by atoms with E-state index in [1.54, 1.807) is 0 Å². The maximum absolute atomic E-state index is 12.9. The van der Waals surface area contributed by atoms with Gasteiger partial charge in [-0.3, -0.25) is 4.79 Å². The number of benzene rings is 3. The van der Waals surface area contributed by atoms with Crippen LogP contribution in [0.4, 0.5) is 5.69 Å². The van der Waals surface area contributed by atoms with Crippen LogP contribution >= 0.6 is 0 Å². The van der Waals surface area contributed by atoms with Gasteiger partial charge in [-0.15, -0.1) is 0 Å². The highest BCUT2D eigenvalue weighted by Crippen LogP contribution is 2.24. The van der Waals surface area contributed by atoms with E-state index in [4.69, 9.17) is 0 Å². The zero-order valence-electron chi connectivity index (χ0n) is 16.2. The van der Waals surface area contributed by atoms with E-state index in [9.17, 15) is 4.79 Å². The molecule has 140 valence electrons. The lowest BCUT2D eigenvalue weighted by atomic mass is 9.90. The second-order valence-electron chi connectivity index (χ2n) is 6.69. The van der Waals surface area contributed by atoms with Gasteiger partial charge < -0.3 is 10.2 Å². The van der Waals surface area contributed by atoms with Crippen LogP contribution in [0.5, 0.6) is 0 Å². The normalized spacial score (nSPS) is 10.1. The fraction of sp³-hybridized carbons (Fsp3) is 0.160. The van der Waals surface area contributed by atoms with E-state index in [1.807, 2.05) is 104 Å². The van der Waals surface area contributed by atoms with E-state index in [0.717, 1.165) is 22.4 Å². The molecule has 0 aliphatic rings. The molecule has 0 aliphatic heterocycles. The SMILES string of the molecule is CN(C)c1ccccc1C#CCNC(=O)C(c1ccccc1)c1ccccc1. The van der Waals surface area contributed by atoms with Gasteiger partial charge in [-0.1, -0.05) is 84.6 Å². The predicted molar refractivity (Wildman–Crippen MR) is 115 cm³/mol. The Morgan fingerprint density at radius 2 is 1.39 bits per heavy atom. The van der Waals surface area contributed by atoms with Crippen LogP contribution in [0.3, 0.4) is 0 Å². The van der Waals surface area contributed by atoms with Gasteiger partial charge in [0.1, 0.15) is 0 Å². The van der Waals surface area contributed by atoms with E-state index >= 15 is 0 Å². The second-order valence-corrected chi connectivity index (χ2v) is 6.69. The summed E-state index contributed by atoms with van der Waals surface area (Å²) in [5.74, 6) is 5.84. The third-order valence-electron chi connectivity index (χ3n) is 4.49. The van der Waals surface area contributed by atoms with Crippen LogP contribution in [0.2, 0.25) is 0 Å². The maximum atomic E-state index is 12.9. The summed E-state index contributed by atoms with van der Waals surface area (Å²) in [6.07, 6.45) is 0. The molecule has 0 heterocycles. The lowest BCUT2D eigenvalue weighted by molar-refractivity contribution is -0.121. The monoisotopic (exact) mass is 368 g/mol. The molecule has 0 saturated heterocycles. The fourth-order valence-corrected chi connectivity index (χ4v) is 3.13. The number of hydrogen-bond donors (Lipinski definition) is 1. The average molecular weight is 368 g/mol. The fourth-order valence-electron chi connectivity index (χ4n) is 3.13. The summed E-state index contributed by atoms with van der Waals surface area (Å²) < 4.78 is 0. The second kappa shape index (κ2) is 9.43. The van der Waals surface area contributed by atoms with Crippen LogP contribution in [0.15, 0.2) is 84.9 Å². The zero-order valence-corrected chi connectivity index (χ0v) is 16.2. The van der Waals surface area contributed by atoms with Crippen LogP contribution in [0, 0.1) is 11.8 Å². The highest BCUT2D eigenvalue weighted by molar-refractivity contribution is 5.87. The first kappa shape index (κ1) is 19.3. The third-order valence-corrected chi connectivity index (χ3v) is 4.49. The molecule has 0 aromatic heterocycles. The van der Waals surface area contributed by atoms with Crippen molar-refractivity contribution in [2.45, 2.75) is 5.92 Å². The van der Waals surface area contributed by atoms with Crippen molar-refractivity contribution in [3.8, 4) is 11.8 Å². The maximum Gasteiger partial charge on any atom is 0.232 e. The van der Waals surface area contributed by atoms with Gasteiger partial charge in [0.05, 0.1) is 18.2 Å². The van der Waals surface area contributed by atoms with Gasteiger partial charge in [0.25, 0.3) is 0 Å². The van der Waals surface area contributed by atoms with Crippen molar-refractivity contribution in [1.82, 2.24) is 5.32 Å². The molecule has 28 heavy (non-hydrogen) atoms. The van der Waals surface area contributed by atoms with Crippen molar-refractivity contribution in [2.75, 3.05) is 25.5 Å². The van der Waals surface area contributed by atoms with E-state index in [1.165, 1.54) is 0 Å². The number of nitrogens with one attached hydrogen (secondary N) is 1. The predicted octanol–water partition coefficient (Wildman–Crippen LogP) is 4.05. The molecule has 1 amide bonds. The number of carbonyl (C=O) groups excluding carboxylic acids is 1. The highest BCUT2D eigenvalue weighted by atomic mass is 16.1. The first-order valence-corrected chi connectivity index (χ1v) is 9.29. The summed E-state index contributed by atoms with van der Waals surface area (Å²) in [5.41, 5.74) is 3.95. The van der Waals surface area contributed by atoms with Crippen molar-refractivity contribution in [3.05, 3.63) is 102 Å². The third kappa shape index (κ3) is 4.81. The summed E-state index contributed by atoms with van der Waals surface area (Å²) >= 11 is 0. The molecule has 3 rings (SSSR count). The molecule has 3 heteroatoms. The van der Waals surface area contributed by atoms with Crippen molar-refractivity contribution in [3.63, 3.8) is 0 Å². The standard InChI is InChI=1S/C25H24N2O/c1-27(2)23-18-10-9-12-20(23)17-11-19-26-25(28)24(21-13-5-3-6-14-21)22-15-7-4-8-16-22/h3-10,12-16,18,24H,19H2,1-2H3,(H,26,28). The Balaban J connectivity index is 1.74. The number of nitrogens with zero attached hydrogens (tertiary/aromatic N) is 1. The molecule has 0 aliphatic carbocycles. The van der Waals surface area contributed by atoms with Gasteiger partial charge in [-0.05, 0) is 23.3 Å². The lowest BCUT2D eigenvalue weighted by Crippen LogP contribution is -2.30. The molecule has 3 aromatic carbocycles. The summed E-state index contributed by atoms with van der Waals surface area (Å²) in [6.45, 7) is 0.302. The molecule has 0 atom stereocenters. The Hall–Kier alpha value is -3.51. The van der Waals surface area contributed by atoms with Crippen LogP contribution < -0.4 is 10.2 Å². The van der Waals surface area contributed by atoms with Crippen LogP contribution in [-0.2, 0) is 4.79 Å². The Bertz CT molecular complexity index is 930. The molecule has 0 radical (unpaired) electrons. The number of hydrogen-bond acceptors (Lipinski definition) is 2. The van der Waals surface area contributed by atoms with E-state index in [0.29, 0.717) is 6.54 Å². The molecular weight excluding hydrogens is 344 g/mol. The summed E-state index contributed by atoms with van der Waals surface area (Å²) in [4.78, 5) is 15.0. The Morgan fingerprint density at radius 1 is 0.857 bits per heavy atom. The van der Waals surface area contributed by atoms with Crippen LogP contribution in [-0.4, -0.2) is 26.5 Å². The highest BCUT2D eigenvalue weighted by Gasteiger charge is 2.21. The summed E-state index contributed by atoms with van der Waals surface area (Å²) in [6, 6.07) is 27.6. The van der Waals surface area contributed by atoms with Gasteiger partial charge in [0, 0.05) is 19.7 Å². The van der Waals surface area contributed by atoms with E-state index in [-0.39, 0.29) is 11.8 Å².